The maximum absolute atomic E-state index is 13.3. The Hall–Kier alpha value is -2.50. The van der Waals surface area contributed by atoms with Crippen LogP contribution in [0.3, 0.4) is 0 Å². The number of allylic oxidation sites excluding steroid dienone is 1. The molecule has 0 aromatic carbocycles. The Morgan fingerprint density at radius 1 is 1.14 bits per heavy atom. The largest absolute Gasteiger partial charge is 0.444 e. The first-order valence-electron chi connectivity index (χ1n) is 13.0. The first-order chi connectivity index (χ1) is 17.0. The summed E-state index contributed by atoms with van der Waals surface area (Å²) < 4.78 is 5.34. The minimum Gasteiger partial charge on any atom is -0.444 e. The molecule has 0 bridgehead atoms. The van der Waals surface area contributed by atoms with Gasteiger partial charge in [0.1, 0.15) is 17.9 Å². The number of hydrogen-bond donors (Lipinski definition) is 4. The number of carbonyl (C=O) groups is 4. The van der Waals surface area contributed by atoms with E-state index in [0.29, 0.717) is 25.0 Å². The molecular weight excluding hydrogens is 466 g/mol. The average Bonchev–Trinajstić information content (AvgIpc) is 3.05. The van der Waals surface area contributed by atoms with Gasteiger partial charge in [0.05, 0.1) is 5.92 Å². The molecule has 4 amide bonds. The number of aliphatic hydroxyl groups excluding tert-OH is 1. The van der Waals surface area contributed by atoms with Crippen molar-refractivity contribution in [3.63, 3.8) is 0 Å². The highest BCUT2D eigenvalue weighted by Gasteiger charge is 2.52. The van der Waals surface area contributed by atoms with Crippen LogP contribution in [0.4, 0.5) is 4.79 Å². The van der Waals surface area contributed by atoms with Gasteiger partial charge in [-0.1, -0.05) is 6.08 Å². The van der Waals surface area contributed by atoms with Crippen LogP contribution in [0.2, 0.25) is 0 Å². The van der Waals surface area contributed by atoms with Gasteiger partial charge in [0.2, 0.25) is 11.8 Å². The number of hydrogen-bond acceptors (Lipinski definition) is 8. The van der Waals surface area contributed by atoms with Gasteiger partial charge >= 0.3 is 6.09 Å². The summed E-state index contributed by atoms with van der Waals surface area (Å²) in [7, 11) is 0. The molecule has 200 valence electrons. The van der Waals surface area contributed by atoms with Gasteiger partial charge in [-0.3, -0.25) is 19.3 Å². The van der Waals surface area contributed by atoms with E-state index >= 15 is 0 Å². The molecule has 4 rings (SSSR count). The first kappa shape index (κ1) is 26.6. The summed E-state index contributed by atoms with van der Waals surface area (Å²) in [6, 6.07) is -0.924. The third-order valence-electron chi connectivity index (χ3n) is 7.33. The lowest BCUT2D eigenvalue weighted by Crippen LogP contribution is -2.56. The zero-order valence-electron chi connectivity index (χ0n) is 21.4. The summed E-state index contributed by atoms with van der Waals surface area (Å²) >= 11 is 0. The van der Waals surface area contributed by atoms with E-state index in [1.54, 1.807) is 0 Å². The summed E-state index contributed by atoms with van der Waals surface area (Å²) in [5.74, 6) is -1.76. The highest BCUT2D eigenvalue weighted by Crippen LogP contribution is 2.36. The van der Waals surface area contributed by atoms with Crippen LogP contribution >= 0.6 is 0 Å². The fourth-order valence-electron chi connectivity index (χ4n) is 5.57. The Balaban J connectivity index is 1.25. The van der Waals surface area contributed by atoms with Crippen LogP contribution in [-0.2, 0) is 19.1 Å². The number of nitrogens with one attached hydrogen (secondary N) is 3. The number of imide groups is 1. The fourth-order valence-corrected chi connectivity index (χ4v) is 5.57. The summed E-state index contributed by atoms with van der Waals surface area (Å²) in [6.07, 6.45) is 4.24. The van der Waals surface area contributed by atoms with Crippen LogP contribution in [0.5, 0.6) is 0 Å². The molecule has 0 spiro atoms. The second kappa shape index (κ2) is 10.9. The molecule has 3 saturated heterocycles. The molecule has 3 aliphatic heterocycles. The van der Waals surface area contributed by atoms with Crippen LogP contribution in [0.15, 0.2) is 11.6 Å². The number of carbonyl (C=O) groups excluding carboxylic acids is 4. The Morgan fingerprint density at radius 2 is 1.86 bits per heavy atom. The fraction of sp³-hybridized carbons (Fsp3) is 0.760. The van der Waals surface area contributed by atoms with E-state index in [1.807, 2.05) is 26.8 Å². The Morgan fingerprint density at radius 3 is 2.53 bits per heavy atom. The lowest BCUT2D eigenvalue weighted by molar-refractivity contribution is -0.150. The molecule has 36 heavy (non-hydrogen) atoms. The average molecular weight is 506 g/mol. The van der Waals surface area contributed by atoms with Gasteiger partial charge in [-0.15, -0.1) is 0 Å². The molecule has 0 radical (unpaired) electrons. The molecule has 3 fully saturated rings. The molecule has 0 aromatic rings. The predicted octanol–water partition coefficient (Wildman–Crippen LogP) is 0.236. The number of amides is 4. The molecule has 0 aromatic heterocycles. The van der Waals surface area contributed by atoms with Crippen molar-refractivity contribution in [2.75, 3.05) is 26.2 Å². The van der Waals surface area contributed by atoms with Gasteiger partial charge in [0, 0.05) is 43.8 Å². The predicted molar refractivity (Wildman–Crippen MR) is 130 cm³/mol. The monoisotopic (exact) mass is 505 g/mol. The number of nitrogens with zero attached hydrogens (tertiary/aromatic N) is 2. The third-order valence-corrected chi connectivity index (χ3v) is 7.33. The van der Waals surface area contributed by atoms with Crippen molar-refractivity contribution in [2.24, 2.45) is 5.92 Å². The van der Waals surface area contributed by atoms with Gasteiger partial charge in [0.15, 0.2) is 0 Å². The number of piperidine rings is 2. The Kier molecular flexibility index (Phi) is 8.01. The quantitative estimate of drug-likeness (QED) is 0.376. The summed E-state index contributed by atoms with van der Waals surface area (Å²) in [4.78, 5) is 54.1. The maximum atomic E-state index is 13.3. The second-order valence-corrected chi connectivity index (χ2v) is 11.2. The zero-order valence-corrected chi connectivity index (χ0v) is 21.4. The lowest BCUT2D eigenvalue weighted by Gasteiger charge is -2.34. The van der Waals surface area contributed by atoms with Crippen LogP contribution in [0, 0.1) is 5.92 Å². The number of likely N-dealkylation sites (tertiary alicyclic amines) is 2. The lowest BCUT2D eigenvalue weighted by atomic mass is 9.85. The zero-order chi connectivity index (χ0) is 26.0. The van der Waals surface area contributed by atoms with E-state index in [-0.39, 0.29) is 36.4 Å². The van der Waals surface area contributed by atoms with Gasteiger partial charge in [-0.2, -0.15) is 0 Å². The van der Waals surface area contributed by atoms with Gasteiger partial charge in [-0.05, 0) is 59.3 Å². The van der Waals surface area contributed by atoms with E-state index < -0.39 is 29.7 Å². The molecule has 4 atom stereocenters. The number of ether oxygens (including phenoxy) is 1. The number of alkyl carbamates (subject to hydrolysis) is 1. The highest BCUT2D eigenvalue weighted by molar-refractivity contribution is 6.17. The number of fused-ring (bicyclic) bond motifs is 1. The van der Waals surface area contributed by atoms with Crippen molar-refractivity contribution < 1.29 is 29.0 Å². The van der Waals surface area contributed by atoms with Crippen molar-refractivity contribution in [3.05, 3.63) is 11.6 Å². The minimum absolute atomic E-state index is 0.0984. The van der Waals surface area contributed by atoms with E-state index in [9.17, 15) is 24.3 Å². The number of aliphatic hydroxyl groups is 1. The standard InChI is InChI=1S/C25H39N5O6/c1-25(2,3)36-24(35)27-15-9-12-29(13-10-15)14-11-26-17-6-4-5-16-20(17)23(34)30(22(16)33)18-7-8-19(31)28-21(18)32/h5,15,17-20,26,31H,4,6-14H2,1-3H3,(H,27,35)(H,28,32)/t17?,18-,19+,20-/m1/s1. The summed E-state index contributed by atoms with van der Waals surface area (Å²) in [5, 5.41) is 18.5. The summed E-state index contributed by atoms with van der Waals surface area (Å²) in [6.45, 7) is 8.73. The molecule has 4 aliphatic rings. The van der Waals surface area contributed by atoms with E-state index in [0.717, 1.165) is 43.8 Å². The SMILES string of the molecule is CC(C)(C)OC(=O)NC1CCN(CCNC2CCC=C3C(=O)N([C@@H]4CC[C@H](O)NC4=O)C(=O)[C@H]32)CC1. The molecule has 3 heterocycles. The highest BCUT2D eigenvalue weighted by atomic mass is 16.6. The van der Waals surface area contributed by atoms with Crippen LogP contribution in [0.25, 0.3) is 0 Å². The molecule has 11 heteroatoms. The van der Waals surface area contributed by atoms with Crippen LogP contribution in [0.1, 0.15) is 59.3 Å². The normalized spacial score (nSPS) is 30.1. The number of rotatable bonds is 6. The van der Waals surface area contributed by atoms with Crippen molar-refractivity contribution in [2.45, 2.75) is 89.3 Å². The Labute approximate surface area is 212 Å². The minimum atomic E-state index is -0.935. The van der Waals surface area contributed by atoms with Gasteiger partial charge in [0.25, 0.3) is 5.91 Å². The van der Waals surface area contributed by atoms with Crippen molar-refractivity contribution in [1.82, 2.24) is 25.8 Å². The molecule has 4 N–H and O–H groups in total. The molecular formula is C25H39N5O6. The van der Waals surface area contributed by atoms with E-state index in [4.69, 9.17) is 4.74 Å². The van der Waals surface area contributed by atoms with Crippen molar-refractivity contribution in [3.8, 4) is 0 Å². The topological polar surface area (TPSA) is 140 Å². The first-order valence-corrected chi connectivity index (χ1v) is 13.0. The van der Waals surface area contributed by atoms with Gasteiger partial charge in [-0.25, -0.2) is 4.79 Å². The van der Waals surface area contributed by atoms with E-state index in [1.165, 1.54) is 0 Å². The molecule has 1 aliphatic carbocycles. The molecule has 0 saturated carbocycles. The summed E-state index contributed by atoms with van der Waals surface area (Å²) in [5.41, 5.74) is -0.0325. The van der Waals surface area contributed by atoms with E-state index in [2.05, 4.69) is 20.9 Å². The van der Waals surface area contributed by atoms with Crippen LogP contribution in [-0.4, -0.2) is 94.9 Å². The second-order valence-electron chi connectivity index (χ2n) is 11.2. The van der Waals surface area contributed by atoms with Crippen molar-refractivity contribution in [1.29, 1.82) is 0 Å². The maximum Gasteiger partial charge on any atom is 0.407 e. The van der Waals surface area contributed by atoms with Crippen molar-refractivity contribution >= 4 is 23.8 Å². The Bertz CT molecular complexity index is 907. The molecule has 1 unspecified atom stereocenters. The molecule has 11 nitrogen and oxygen atoms in total. The third kappa shape index (κ3) is 6.07. The smallest absolute Gasteiger partial charge is 0.407 e. The van der Waals surface area contributed by atoms with Gasteiger partial charge < -0.3 is 30.7 Å². The van der Waals surface area contributed by atoms with Crippen LogP contribution < -0.4 is 16.0 Å².